The minimum atomic E-state index is -0.470. The summed E-state index contributed by atoms with van der Waals surface area (Å²) in [4.78, 5) is 28.9. The van der Waals surface area contributed by atoms with E-state index in [-0.39, 0.29) is 15.6 Å². The van der Waals surface area contributed by atoms with Crippen LogP contribution < -0.4 is 5.32 Å². The van der Waals surface area contributed by atoms with Gasteiger partial charge < -0.3 is 5.32 Å². The number of hydrogen-bond acceptors (Lipinski definition) is 6. The van der Waals surface area contributed by atoms with Crippen LogP contribution in [0.5, 0.6) is 0 Å². The number of thiazole rings is 1. The van der Waals surface area contributed by atoms with Crippen LogP contribution in [-0.4, -0.2) is 15.8 Å². The van der Waals surface area contributed by atoms with Gasteiger partial charge in [0.15, 0.2) is 0 Å². The van der Waals surface area contributed by atoms with Crippen LogP contribution in [-0.2, 0) is 0 Å². The molecule has 0 saturated heterocycles. The summed E-state index contributed by atoms with van der Waals surface area (Å²) in [6.07, 6.45) is 0. The molecule has 158 valence electrons. The Morgan fingerprint density at radius 2 is 1.91 bits per heavy atom. The first kappa shape index (κ1) is 20.6. The molecule has 2 heterocycles. The summed E-state index contributed by atoms with van der Waals surface area (Å²) in [6.45, 7) is 1.90. The van der Waals surface area contributed by atoms with Gasteiger partial charge in [0.1, 0.15) is 14.6 Å². The third-order valence-electron chi connectivity index (χ3n) is 5.06. The molecular formula is C23H14ClN3O3S2. The molecule has 0 aliphatic carbocycles. The van der Waals surface area contributed by atoms with Gasteiger partial charge in [-0.3, -0.25) is 14.9 Å². The minimum Gasteiger partial charge on any atom is -0.321 e. The molecule has 3 aromatic carbocycles. The summed E-state index contributed by atoms with van der Waals surface area (Å²) in [7, 11) is 0. The molecule has 0 aliphatic heterocycles. The number of carbonyl (C=O) groups excluding carboxylic acids is 1. The Hall–Kier alpha value is -3.33. The van der Waals surface area contributed by atoms with E-state index in [1.54, 1.807) is 23.5 Å². The van der Waals surface area contributed by atoms with Gasteiger partial charge in [-0.05, 0) is 30.7 Å². The molecule has 2 aromatic heterocycles. The summed E-state index contributed by atoms with van der Waals surface area (Å²) in [6, 6.07) is 18.3. The summed E-state index contributed by atoms with van der Waals surface area (Å²) in [5, 5.41) is 15.8. The predicted molar refractivity (Wildman–Crippen MR) is 131 cm³/mol. The number of aromatic nitrogens is 1. The number of para-hydroxylation sites is 1. The van der Waals surface area contributed by atoms with E-state index in [2.05, 4.69) is 10.3 Å². The number of non-ortho nitro benzene ring substituents is 1. The van der Waals surface area contributed by atoms with Gasteiger partial charge in [-0.1, -0.05) is 48.0 Å². The highest BCUT2D eigenvalue weighted by molar-refractivity contribution is 7.22. The molecule has 1 amide bonds. The van der Waals surface area contributed by atoms with Crippen molar-refractivity contribution in [3.8, 4) is 10.6 Å². The molecule has 0 bridgehead atoms. The highest BCUT2D eigenvalue weighted by Gasteiger charge is 2.23. The number of fused-ring (bicyclic) bond motifs is 2. The normalized spacial score (nSPS) is 11.2. The molecule has 0 fully saturated rings. The van der Waals surface area contributed by atoms with Crippen LogP contribution in [0.25, 0.3) is 30.9 Å². The lowest BCUT2D eigenvalue weighted by Gasteiger charge is -2.09. The van der Waals surface area contributed by atoms with Gasteiger partial charge in [0.05, 0.1) is 20.2 Å². The third kappa shape index (κ3) is 3.52. The minimum absolute atomic E-state index is 0.0672. The Morgan fingerprint density at radius 1 is 1.09 bits per heavy atom. The van der Waals surface area contributed by atoms with Crippen LogP contribution in [0.15, 0.2) is 60.7 Å². The summed E-state index contributed by atoms with van der Waals surface area (Å²) in [5.74, 6) is -0.407. The number of rotatable bonds is 4. The maximum absolute atomic E-state index is 13.1. The van der Waals surface area contributed by atoms with Crippen molar-refractivity contribution in [3.63, 3.8) is 0 Å². The number of aryl methyl sites for hydroxylation is 1. The maximum atomic E-state index is 13.1. The van der Waals surface area contributed by atoms with Crippen LogP contribution in [0, 0.1) is 17.0 Å². The van der Waals surface area contributed by atoms with Gasteiger partial charge in [0.25, 0.3) is 11.6 Å². The Morgan fingerprint density at radius 3 is 2.69 bits per heavy atom. The summed E-state index contributed by atoms with van der Waals surface area (Å²) >= 11 is 9.03. The summed E-state index contributed by atoms with van der Waals surface area (Å²) < 4.78 is 1.47. The van der Waals surface area contributed by atoms with Gasteiger partial charge >= 0.3 is 0 Å². The quantitative estimate of drug-likeness (QED) is 0.216. The molecule has 0 atom stereocenters. The molecular weight excluding hydrogens is 466 g/mol. The Kier molecular flexibility index (Phi) is 5.13. The van der Waals surface area contributed by atoms with Crippen molar-refractivity contribution in [1.82, 2.24) is 4.98 Å². The molecule has 0 unspecified atom stereocenters. The first-order valence-electron chi connectivity index (χ1n) is 9.55. The average molecular weight is 480 g/mol. The highest BCUT2D eigenvalue weighted by Crippen LogP contribution is 2.40. The number of anilines is 1. The van der Waals surface area contributed by atoms with E-state index in [1.807, 2.05) is 49.4 Å². The van der Waals surface area contributed by atoms with Crippen LogP contribution >= 0.6 is 34.3 Å². The zero-order valence-corrected chi connectivity index (χ0v) is 19.0. The average Bonchev–Trinajstić information content (AvgIpc) is 3.36. The fourth-order valence-electron chi connectivity index (χ4n) is 3.43. The SMILES string of the molecule is Cc1ccc(-c2nc3ccccc3s2)cc1NC(=O)c1sc2c([N+](=O)[O-])cccc2c1Cl. The standard InChI is InChI=1S/C23H14ClN3O3S2/c1-12-9-10-13(23-26-15-6-2-3-8-18(15)31-23)11-16(12)25-22(28)21-19(24)14-5-4-7-17(27(29)30)20(14)32-21/h2-11H,1H3,(H,25,28). The lowest BCUT2D eigenvalue weighted by Crippen LogP contribution is -2.11. The van der Waals surface area contributed by atoms with E-state index in [4.69, 9.17) is 11.6 Å². The van der Waals surface area contributed by atoms with Crippen molar-refractivity contribution in [2.45, 2.75) is 6.92 Å². The van der Waals surface area contributed by atoms with Crippen molar-refractivity contribution in [2.75, 3.05) is 5.32 Å². The lowest BCUT2D eigenvalue weighted by atomic mass is 10.1. The van der Waals surface area contributed by atoms with Crippen LogP contribution in [0.3, 0.4) is 0 Å². The fraction of sp³-hybridized carbons (Fsp3) is 0.0435. The Bertz CT molecular complexity index is 1510. The number of carbonyl (C=O) groups is 1. The second-order valence-electron chi connectivity index (χ2n) is 7.13. The van der Waals surface area contributed by atoms with E-state index >= 15 is 0 Å². The smallest absolute Gasteiger partial charge is 0.287 e. The third-order valence-corrected chi connectivity index (χ3v) is 7.88. The van der Waals surface area contributed by atoms with Gasteiger partial charge in [-0.25, -0.2) is 4.98 Å². The second kappa shape index (κ2) is 7.98. The zero-order chi connectivity index (χ0) is 22.4. The van der Waals surface area contributed by atoms with E-state index in [1.165, 1.54) is 6.07 Å². The largest absolute Gasteiger partial charge is 0.321 e. The zero-order valence-electron chi connectivity index (χ0n) is 16.6. The number of nitro benzene ring substituents is 1. The number of benzene rings is 3. The van der Waals surface area contributed by atoms with Crippen molar-refractivity contribution >= 4 is 71.9 Å². The van der Waals surface area contributed by atoms with Crippen LogP contribution in [0.1, 0.15) is 15.2 Å². The number of halogens is 1. The first-order valence-corrected chi connectivity index (χ1v) is 11.6. The van der Waals surface area contributed by atoms with Crippen molar-refractivity contribution in [3.05, 3.63) is 86.2 Å². The number of nitrogens with zero attached hydrogens (tertiary/aromatic N) is 2. The van der Waals surface area contributed by atoms with E-state index in [0.29, 0.717) is 15.8 Å². The van der Waals surface area contributed by atoms with E-state index in [9.17, 15) is 14.9 Å². The van der Waals surface area contributed by atoms with Crippen molar-refractivity contribution in [2.24, 2.45) is 0 Å². The van der Waals surface area contributed by atoms with Crippen LogP contribution in [0.2, 0.25) is 5.02 Å². The fourth-order valence-corrected chi connectivity index (χ4v) is 5.88. The summed E-state index contributed by atoms with van der Waals surface area (Å²) in [5.41, 5.74) is 3.27. The van der Waals surface area contributed by atoms with Crippen LogP contribution in [0.4, 0.5) is 11.4 Å². The topological polar surface area (TPSA) is 85.1 Å². The molecule has 0 aliphatic rings. The van der Waals surface area contributed by atoms with Gasteiger partial charge in [-0.15, -0.1) is 22.7 Å². The molecule has 1 N–H and O–H groups in total. The molecule has 0 saturated carbocycles. The number of nitro groups is 1. The molecule has 0 spiro atoms. The number of thiophene rings is 1. The number of amides is 1. The Labute approximate surface area is 195 Å². The van der Waals surface area contributed by atoms with Gasteiger partial charge in [0, 0.05) is 22.7 Å². The maximum Gasteiger partial charge on any atom is 0.287 e. The van der Waals surface area contributed by atoms with Gasteiger partial charge in [0.2, 0.25) is 0 Å². The Balaban J connectivity index is 1.51. The monoisotopic (exact) mass is 479 g/mol. The number of nitrogens with one attached hydrogen (secondary N) is 1. The van der Waals surface area contributed by atoms with Crippen molar-refractivity contribution < 1.29 is 9.72 Å². The second-order valence-corrected chi connectivity index (χ2v) is 9.56. The molecule has 6 nitrogen and oxygen atoms in total. The first-order chi connectivity index (χ1) is 15.4. The van der Waals surface area contributed by atoms with E-state index < -0.39 is 10.8 Å². The number of hydrogen-bond donors (Lipinski definition) is 1. The molecule has 5 rings (SSSR count). The molecule has 9 heteroatoms. The predicted octanol–water partition coefficient (Wildman–Crippen LogP) is 7.30. The molecule has 32 heavy (non-hydrogen) atoms. The van der Waals surface area contributed by atoms with Gasteiger partial charge in [-0.2, -0.15) is 0 Å². The van der Waals surface area contributed by atoms with Crippen molar-refractivity contribution in [1.29, 1.82) is 0 Å². The lowest BCUT2D eigenvalue weighted by molar-refractivity contribution is -0.382. The highest BCUT2D eigenvalue weighted by atomic mass is 35.5. The van der Waals surface area contributed by atoms with E-state index in [0.717, 1.165) is 37.7 Å². The molecule has 5 aromatic rings. The molecule has 0 radical (unpaired) electrons.